The fourth-order valence-corrected chi connectivity index (χ4v) is 4.94. The van der Waals surface area contributed by atoms with E-state index in [1.165, 1.54) is 51.1 Å². The summed E-state index contributed by atoms with van der Waals surface area (Å²) in [6.07, 6.45) is 5.37. The van der Waals surface area contributed by atoms with Crippen molar-refractivity contribution in [3.05, 3.63) is 0 Å². The maximum absolute atomic E-state index is 3.87. The molecule has 0 spiro atoms. The summed E-state index contributed by atoms with van der Waals surface area (Å²) in [6.45, 7) is 13.2. The van der Waals surface area contributed by atoms with Gasteiger partial charge < -0.3 is 5.32 Å². The van der Waals surface area contributed by atoms with Crippen LogP contribution in [0.15, 0.2) is 0 Å². The lowest BCUT2D eigenvalue weighted by molar-refractivity contribution is 0.0508. The zero-order valence-corrected chi connectivity index (χ0v) is 14.1. The molecule has 2 unspecified atom stereocenters. The third-order valence-corrected chi connectivity index (χ3v) is 6.63. The third kappa shape index (κ3) is 3.68. The lowest BCUT2D eigenvalue weighted by Gasteiger charge is -2.49. The first-order chi connectivity index (χ1) is 9.10. The van der Waals surface area contributed by atoms with E-state index >= 15 is 0 Å². The van der Waals surface area contributed by atoms with E-state index in [1.54, 1.807) is 0 Å². The lowest BCUT2D eigenvalue weighted by atomic mass is 9.86. The van der Waals surface area contributed by atoms with Crippen LogP contribution < -0.4 is 5.32 Å². The van der Waals surface area contributed by atoms with Gasteiger partial charge in [0.15, 0.2) is 0 Å². The molecular formula is C16H32N2S. The van der Waals surface area contributed by atoms with E-state index in [4.69, 9.17) is 0 Å². The standard InChI is InChI=1S/C16H32N2S/c1-5-16(6-2)12-18(11-14-8-7-9-19-14)15(10-17-16)13(3)4/h13-15,17H,5-12H2,1-4H3. The Hall–Kier alpha value is 0.270. The first kappa shape index (κ1) is 15.7. The van der Waals surface area contributed by atoms with Crippen molar-refractivity contribution in [2.75, 3.05) is 25.4 Å². The molecule has 0 radical (unpaired) electrons. The quantitative estimate of drug-likeness (QED) is 0.833. The summed E-state index contributed by atoms with van der Waals surface area (Å²) < 4.78 is 0. The van der Waals surface area contributed by atoms with Gasteiger partial charge in [-0.1, -0.05) is 27.7 Å². The molecule has 112 valence electrons. The predicted molar refractivity (Wildman–Crippen MR) is 87.0 cm³/mol. The van der Waals surface area contributed by atoms with Crippen LogP contribution in [0.25, 0.3) is 0 Å². The molecule has 0 aliphatic carbocycles. The molecule has 2 aliphatic rings. The minimum absolute atomic E-state index is 0.370. The second-order valence-electron chi connectivity index (χ2n) is 6.74. The largest absolute Gasteiger partial charge is 0.308 e. The highest BCUT2D eigenvalue weighted by Gasteiger charge is 2.38. The fourth-order valence-electron chi connectivity index (χ4n) is 3.64. The van der Waals surface area contributed by atoms with Gasteiger partial charge in [-0.2, -0.15) is 11.8 Å². The first-order valence-corrected chi connectivity index (χ1v) is 9.25. The molecule has 2 nitrogen and oxygen atoms in total. The molecule has 2 heterocycles. The summed E-state index contributed by atoms with van der Waals surface area (Å²) in [5.41, 5.74) is 0.370. The smallest absolute Gasteiger partial charge is 0.0304 e. The zero-order valence-electron chi connectivity index (χ0n) is 13.2. The number of rotatable bonds is 5. The van der Waals surface area contributed by atoms with Crippen molar-refractivity contribution in [2.24, 2.45) is 5.92 Å². The van der Waals surface area contributed by atoms with E-state index in [-0.39, 0.29) is 0 Å². The normalized spacial score (nSPS) is 32.1. The van der Waals surface area contributed by atoms with Crippen molar-refractivity contribution in [1.29, 1.82) is 0 Å². The Bertz CT molecular complexity index is 270. The summed E-state index contributed by atoms with van der Waals surface area (Å²) >= 11 is 2.20. The highest BCUT2D eigenvalue weighted by Crippen LogP contribution is 2.31. The van der Waals surface area contributed by atoms with Crippen molar-refractivity contribution in [3.8, 4) is 0 Å². The Balaban J connectivity index is 2.03. The molecule has 2 saturated heterocycles. The van der Waals surface area contributed by atoms with Gasteiger partial charge in [-0.3, -0.25) is 4.90 Å². The molecule has 0 aromatic rings. The number of hydrogen-bond donors (Lipinski definition) is 1. The molecule has 19 heavy (non-hydrogen) atoms. The van der Waals surface area contributed by atoms with E-state index in [0.29, 0.717) is 5.54 Å². The van der Waals surface area contributed by atoms with Crippen molar-refractivity contribution in [1.82, 2.24) is 10.2 Å². The molecule has 0 aromatic heterocycles. The molecular weight excluding hydrogens is 252 g/mol. The highest BCUT2D eigenvalue weighted by atomic mass is 32.2. The van der Waals surface area contributed by atoms with Gasteiger partial charge in [0.05, 0.1) is 0 Å². The van der Waals surface area contributed by atoms with Crippen LogP contribution in [0.2, 0.25) is 0 Å². The van der Waals surface area contributed by atoms with Crippen LogP contribution >= 0.6 is 11.8 Å². The van der Waals surface area contributed by atoms with Crippen LogP contribution in [0.4, 0.5) is 0 Å². The topological polar surface area (TPSA) is 15.3 Å². The molecule has 0 aromatic carbocycles. The summed E-state index contributed by atoms with van der Waals surface area (Å²) in [4.78, 5) is 2.82. The Labute approximate surface area is 124 Å². The summed E-state index contributed by atoms with van der Waals surface area (Å²) in [7, 11) is 0. The van der Waals surface area contributed by atoms with Crippen LogP contribution in [0.3, 0.4) is 0 Å². The predicted octanol–water partition coefficient (Wildman–Crippen LogP) is 3.37. The summed E-state index contributed by atoms with van der Waals surface area (Å²) in [5.74, 6) is 2.14. The average Bonchev–Trinajstić information content (AvgIpc) is 2.91. The Kier molecular flexibility index (Phi) is 5.62. The molecule has 2 aliphatic heterocycles. The van der Waals surface area contributed by atoms with Gasteiger partial charge in [-0.05, 0) is 37.4 Å². The first-order valence-electron chi connectivity index (χ1n) is 8.21. The number of nitrogens with one attached hydrogen (secondary N) is 1. The van der Waals surface area contributed by atoms with Gasteiger partial charge in [-0.25, -0.2) is 0 Å². The minimum Gasteiger partial charge on any atom is -0.308 e. The van der Waals surface area contributed by atoms with Gasteiger partial charge in [0.1, 0.15) is 0 Å². The van der Waals surface area contributed by atoms with Gasteiger partial charge in [0.25, 0.3) is 0 Å². The Morgan fingerprint density at radius 3 is 2.58 bits per heavy atom. The van der Waals surface area contributed by atoms with Gasteiger partial charge in [0.2, 0.25) is 0 Å². The zero-order chi connectivity index (χ0) is 13.9. The van der Waals surface area contributed by atoms with Crippen LogP contribution in [0, 0.1) is 5.92 Å². The highest BCUT2D eigenvalue weighted by molar-refractivity contribution is 8.00. The van der Waals surface area contributed by atoms with Gasteiger partial charge >= 0.3 is 0 Å². The van der Waals surface area contributed by atoms with E-state index in [0.717, 1.165) is 17.2 Å². The minimum atomic E-state index is 0.370. The maximum atomic E-state index is 3.87. The molecule has 0 bridgehead atoms. The molecule has 0 amide bonds. The number of hydrogen-bond acceptors (Lipinski definition) is 3. The molecule has 2 atom stereocenters. The maximum Gasteiger partial charge on any atom is 0.0304 e. The van der Waals surface area contributed by atoms with Crippen molar-refractivity contribution in [2.45, 2.75) is 70.2 Å². The van der Waals surface area contributed by atoms with Crippen molar-refractivity contribution < 1.29 is 0 Å². The van der Waals surface area contributed by atoms with E-state index in [9.17, 15) is 0 Å². The molecule has 0 saturated carbocycles. The second-order valence-corrected chi connectivity index (χ2v) is 8.15. The van der Waals surface area contributed by atoms with E-state index < -0.39 is 0 Å². The second kappa shape index (κ2) is 6.82. The summed E-state index contributed by atoms with van der Waals surface area (Å²) in [5, 5.41) is 4.76. The lowest BCUT2D eigenvalue weighted by Crippen LogP contribution is -2.65. The SMILES string of the molecule is CCC1(CC)CN(CC2CCCS2)C(C(C)C)CN1. The molecule has 2 fully saturated rings. The summed E-state index contributed by atoms with van der Waals surface area (Å²) in [6, 6.07) is 0.729. The fraction of sp³-hybridized carbons (Fsp3) is 1.00. The van der Waals surface area contributed by atoms with Crippen molar-refractivity contribution in [3.63, 3.8) is 0 Å². The van der Waals surface area contributed by atoms with Gasteiger partial charge in [-0.15, -0.1) is 0 Å². The molecule has 3 heteroatoms. The number of nitrogens with zero attached hydrogens (tertiary/aromatic N) is 1. The molecule has 1 N–H and O–H groups in total. The third-order valence-electron chi connectivity index (χ3n) is 5.25. The number of thioether (sulfide) groups is 1. The average molecular weight is 285 g/mol. The van der Waals surface area contributed by atoms with Crippen LogP contribution in [0.5, 0.6) is 0 Å². The van der Waals surface area contributed by atoms with E-state index in [2.05, 4.69) is 49.7 Å². The van der Waals surface area contributed by atoms with Gasteiger partial charge in [0, 0.05) is 36.5 Å². The monoisotopic (exact) mass is 284 g/mol. The Morgan fingerprint density at radius 1 is 1.32 bits per heavy atom. The van der Waals surface area contributed by atoms with Crippen LogP contribution in [-0.2, 0) is 0 Å². The van der Waals surface area contributed by atoms with Crippen molar-refractivity contribution >= 4 is 11.8 Å². The van der Waals surface area contributed by atoms with E-state index in [1.807, 2.05) is 0 Å². The Morgan fingerprint density at radius 2 is 2.05 bits per heavy atom. The van der Waals surface area contributed by atoms with Crippen LogP contribution in [0.1, 0.15) is 53.4 Å². The number of piperazine rings is 1. The van der Waals surface area contributed by atoms with Crippen LogP contribution in [-0.4, -0.2) is 47.1 Å². The molecule has 2 rings (SSSR count).